The highest BCUT2D eigenvalue weighted by molar-refractivity contribution is 5.06. The highest BCUT2D eigenvalue weighted by Gasteiger charge is 2.54. The highest BCUT2D eigenvalue weighted by atomic mass is 16.3. The molecule has 66 valence electrons. The summed E-state index contributed by atoms with van der Waals surface area (Å²) in [6, 6.07) is 0.602. The number of aliphatic hydroxyl groups excluding tert-OH is 1. The standard InChI is InChI=1S/C9H17NO.H2/c1-7(2)10-5-8(11)9(6-10)3-4-9;/h7-8,11H,3-6H2,1-2H3;1H. The summed E-state index contributed by atoms with van der Waals surface area (Å²) >= 11 is 0. The Labute approximate surface area is 69.7 Å². The largest absolute Gasteiger partial charge is 0.391 e. The van der Waals surface area contributed by atoms with Gasteiger partial charge >= 0.3 is 0 Å². The lowest BCUT2D eigenvalue weighted by molar-refractivity contribution is 0.129. The zero-order valence-corrected chi connectivity index (χ0v) is 7.38. The van der Waals surface area contributed by atoms with Gasteiger partial charge in [0.25, 0.3) is 0 Å². The van der Waals surface area contributed by atoms with E-state index in [4.69, 9.17) is 0 Å². The summed E-state index contributed by atoms with van der Waals surface area (Å²) in [5.41, 5.74) is 0.338. The van der Waals surface area contributed by atoms with Gasteiger partial charge in [-0.3, -0.25) is 4.90 Å². The number of β-amino-alcohol motifs (C(OH)–C–C–N with tert-alkyl or cyclic N) is 1. The van der Waals surface area contributed by atoms with Crippen LogP contribution in [0, 0.1) is 5.41 Å². The summed E-state index contributed by atoms with van der Waals surface area (Å²) in [7, 11) is 0. The normalized spacial score (nSPS) is 35.5. The van der Waals surface area contributed by atoms with Gasteiger partial charge in [0, 0.05) is 26.0 Å². The summed E-state index contributed by atoms with van der Waals surface area (Å²) in [6.45, 7) is 6.44. The zero-order chi connectivity index (χ0) is 8.06. The number of hydrogen-bond acceptors (Lipinski definition) is 2. The number of likely N-dealkylation sites (tertiary alicyclic amines) is 1. The fourth-order valence-electron chi connectivity index (χ4n) is 2.04. The molecular weight excluding hydrogens is 138 g/mol. The molecule has 1 spiro atoms. The van der Waals surface area contributed by atoms with Crippen LogP contribution in [0.4, 0.5) is 0 Å². The summed E-state index contributed by atoms with van der Waals surface area (Å²) in [5.74, 6) is 0. The Morgan fingerprint density at radius 1 is 1.55 bits per heavy atom. The first-order valence-corrected chi connectivity index (χ1v) is 4.56. The van der Waals surface area contributed by atoms with Gasteiger partial charge in [0.1, 0.15) is 0 Å². The molecule has 1 saturated carbocycles. The highest BCUT2D eigenvalue weighted by Crippen LogP contribution is 2.52. The van der Waals surface area contributed by atoms with Gasteiger partial charge in [-0.25, -0.2) is 0 Å². The van der Waals surface area contributed by atoms with E-state index in [0.29, 0.717) is 11.5 Å². The van der Waals surface area contributed by atoms with Crippen molar-refractivity contribution in [2.45, 2.75) is 38.8 Å². The third-order valence-corrected chi connectivity index (χ3v) is 3.25. The molecular formula is C9H19NO. The molecule has 1 atom stereocenters. The van der Waals surface area contributed by atoms with Gasteiger partial charge < -0.3 is 5.11 Å². The smallest absolute Gasteiger partial charge is 0.0735 e. The first-order valence-electron chi connectivity index (χ1n) is 4.56. The molecule has 0 aromatic carbocycles. The Hall–Kier alpha value is -0.0800. The lowest BCUT2D eigenvalue weighted by atomic mass is 10.0. The average molecular weight is 157 g/mol. The van der Waals surface area contributed by atoms with E-state index in [1.165, 1.54) is 12.8 Å². The van der Waals surface area contributed by atoms with E-state index in [-0.39, 0.29) is 7.53 Å². The Balaban J connectivity index is 0.000000720. The topological polar surface area (TPSA) is 23.5 Å². The Bertz CT molecular complexity index is 168. The van der Waals surface area contributed by atoms with Crippen molar-refractivity contribution in [1.29, 1.82) is 0 Å². The van der Waals surface area contributed by atoms with Crippen molar-refractivity contribution in [3.63, 3.8) is 0 Å². The third kappa shape index (κ3) is 1.09. The van der Waals surface area contributed by atoms with E-state index in [2.05, 4.69) is 18.7 Å². The molecule has 0 aromatic rings. The van der Waals surface area contributed by atoms with E-state index in [0.717, 1.165) is 13.1 Å². The molecule has 2 fully saturated rings. The van der Waals surface area contributed by atoms with Gasteiger partial charge in [0.05, 0.1) is 6.10 Å². The maximum atomic E-state index is 9.70. The van der Waals surface area contributed by atoms with Gasteiger partial charge in [0.2, 0.25) is 0 Å². The van der Waals surface area contributed by atoms with Gasteiger partial charge in [-0.1, -0.05) is 0 Å². The van der Waals surface area contributed by atoms with Crippen LogP contribution in [0.15, 0.2) is 0 Å². The van der Waals surface area contributed by atoms with E-state index in [9.17, 15) is 5.11 Å². The van der Waals surface area contributed by atoms with Gasteiger partial charge in [-0.05, 0) is 26.7 Å². The van der Waals surface area contributed by atoms with Gasteiger partial charge in [-0.2, -0.15) is 0 Å². The Kier molecular flexibility index (Phi) is 1.52. The predicted molar refractivity (Wildman–Crippen MR) is 46.5 cm³/mol. The van der Waals surface area contributed by atoms with Gasteiger partial charge in [0.15, 0.2) is 0 Å². The second kappa shape index (κ2) is 2.20. The fraction of sp³-hybridized carbons (Fsp3) is 1.00. The Morgan fingerprint density at radius 2 is 2.18 bits per heavy atom. The van der Waals surface area contributed by atoms with Crippen LogP contribution in [0.5, 0.6) is 0 Å². The minimum Gasteiger partial charge on any atom is -0.391 e. The second-order valence-electron chi connectivity index (χ2n) is 4.40. The number of aliphatic hydroxyl groups is 1. The van der Waals surface area contributed by atoms with Crippen LogP contribution >= 0.6 is 0 Å². The Morgan fingerprint density at radius 3 is 2.45 bits per heavy atom. The summed E-state index contributed by atoms with van der Waals surface area (Å²) in [5, 5.41) is 9.70. The number of rotatable bonds is 1. The average Bonchev–Trinajstić information content (AvgIpc) is 2.59. The maximum absolute atomic E-state index is 9.70. The monoisotopic (exact) mass is 157 g/mol. The van der Waals surface area contributed by atoms with Crippen molar-refractivity contribution in [1.82, 2.24) is 4.90 Å². The van der Waals surface area contributed by atoms with Crippen molar-refractivity contribution in [2.75, 3.05) is 13.1 Å². The summed E-state index contributed by atoms with van der Waals surface area (Å²) in [6.07, 6.45) is 2.46. The van der Waals surface area contributed by atoms with Crippen LogP contribution < -0.4 is 0 Å². The van der Waals surface area contributed by atoms with Crippen LogP contribution in [-0.4, -0.2) is 35.2 Å². The van der Waals surface area contributed by atoms with Crippen molar-refractivity contribution in [2.24, 2.45) is 5.41 Å². The molecule has 1 N–H and O–H groups in total. The number of nitrogens with zero attached hydrogens (tertiary/aromatic N) is 1. The molecule has 0 bridgehead atoms. The van der Waals surface area contributed by atoms with E-state index in [1.54, 1.807) is 0 Å². The molecule has 2 nitrogen and oxygen atoms in total. The molecule has 1 saturated heterocycles. The molecule has 1 unspecified atom stereocenters. The van der Waals surface area contributed by atoms with Crippen molar-refractivity contribution in [3.05, 3.63) is 0 Å². The number of hydrogen-bond donors (Lipinski definition) is 1. The third-order valence-electron chi connectivity index (χ3n) is 3.25. The molecule has 0 radical (unpaired) electrons. The van der Waals surface area contributed by atoms with Crippen LogP contribution in [0.1, 0.15) is 28.1 Å². The van der Waals surface area contributed by atoms with E-state index >= 15 is 0 Å². The summed E-state index contributed by atoms with van der Waals surface area (Å²) < 4.78 is 0. The van der Waals surface area contributed by atoms with E-state index < -0.39 is 0 Å². The SMILES string of the molecule is CC(C)N1CC(O)C2(CC2)C1.[HH]. The molecule has 1 heterocycles. The zero-order valence-electron chi connectivity index (χ0n) is 7.38. The lowest BCUT2D eigenvalue weighted by Gasteiger charge is -2.19. The molecule has 1 aliphatic carbocycles. The molecule has 2 heteroatoms. The maximum Gasteiger partial charge on any atom is 0.0735 e. The minimum atomic E-state index is -0.0371. The minimum absolute atomic E-state index is 0. The first kappa shape index (κ1) is 7.56. The molecule has 2 rings (SSSR count). The van der Waals surface area contributed by atoms with E-state index in [1.807, 2.05) is 0 Å². The second-order valence-corrected chi connectivity index (χ2v) is 4.40. The lowest BCUT2D eigenvalue weighted by Crippen LogP contribution is -2.29. The quantitative estimate of drug-likeness (QED) is 0.616. The summed E-state index contributed by atoms with van der Waals surface area (Å²) in [4.78, 5) is 2.39. The van der Waals surface area contributed by atoms with Crippen molar-refractivity contribution >= 4 is 0 Å². The molecule has 0 aromatic heterocycles. The molecule has 1 aliphatic heterocycles. The molecule has 0 amide bonds. The van der Waals surface area contributed by atoms with Crippen LogP contribution in [-0.2, 0) is 0 Å². The molecule has 2 aliphatic rings. The fourth-order valence-corrected chi connectivity index (χ4v) is 2.04. The van der Waals surface area contributed by atoms with Crippen LogP contribution in [0.3, 0.4) is 0 Å². The van der Waals surface area contributed by atoms with Gasteiger partial charge in [-0.15, -0.1) is 0 Å². The van der Waals surface area contributed by atoms with Crippen LogP contribution in [0.2, 0.25) is 0 Å². The first-order chi connectivity index (χ1) is 5.14. The van der Waals surface area contributed by atoms with Crippen LogP contribution in [0.25, 0.3) is 0 Å². The van der Waals surface area contributed by atoms with Crippen molar-refractivity contribution < 1.29 is 6.53 Å². The molecule has 11 heavy (non-hydrogen) atoms. The van der Waals surface area contributed by atoms with Crippen molar-refractivity contribution in [3.8, 4) is 0 Å². The predicted octanol–water partition coefficient (Wildman–Crippen LogP) is 1.10.